The Morgan fingerprint density at radius 2 is 2.42 bits per heavy atom. The zero-order chi connectivity index (χ0) is 9.14. The van der Waals surface area contributed by atoms with Gasteiger partial charge >= 0.3 is 0 Å². The highest BCUT2D eigenvalue weighted by Gasteiger charge is 2.13. The topological polar surface area (TPSA) is 69.1 Å². The molecule has 12 heavy (non-hydrogen) atoms. The van der Waals surface area contributed by atoms with Crippen molar-refractivity contribution in [1.29, 1.82) is 0 Å². The van der Waals surface area contributed by atoms with Crippen LogP contribution in [0.5, 0.6) is 0 Å². The van der Waals surface area contributed by atoms with Crippen LogP contribution in [0.25, 0.3) is 0 Å². The molecule has 0 fully saturated rings. The van der Waals surface area contributed by atoms with Crippen molar-refractivity contribution in [3.8, 4) is 0 Å². The number of nitrogens with two attached hydrogens (primary N) is 1. The van der Waals surface area contributed by atoms with Crippen molar-refractivity contribution in [2.24, 2.45) is 11.7 Å². The van der Waals surface area contributed by atoms with Gasteiger partial charge in [0.1, 0.15) is 11.8 Å². The first-order valence-electron chi connectivity index (χ1n) is 3.84. The lowest BCUT2D eigenvalue weighted by atomic mass is 10.1. The summed E-state index contributed by atoms with van der Waals surface area (Å²) < 4.78 is 4.66. The maximum atomic E-state index is 10.8. The average molecular weight is 168 g/mol. The first-order valence-corrected chi connectivity index (χ1v) is 3.84. The second-order valence-electron chi connectivity index (χ2n) is 3.14. The smallest absolute Gasteiger partial charge is 0.253 e. The third-order valence-corrected chi connectivity index (χ3v) is 1.51. The van der Waals surface area contributed by atoms with E-state index in [0.29, 0.717) is 17.2 Å². The van der Waals surface area contributed by atoms with E-state index in [4.69, 9.17) is 5.73 Å². The molecule has 4 heteroatoms. The monoisotopic (exact) mass is 168 g/mol. The van der Waals surface area contributed by atoms with Crippen molar-refractivity contribution < 1.29 is 9.32 Å². The molecule has 0 unspecified atom stereocenters. The van der Waals surface area contributed by atoms with Crippen LogP contribution in [0.15, 0.2) is 10.8 Å². The third-order valence-electron chi connectivity index (χ3n) is 1.51. The van der Waals surface area contributed by atoms with Crippen LogP contribution in [0.3, 0.4) is 0 Å². The molecule has 0 radical (unpaired) electrons. The molecule has 66 valence electrons. The van der Waals surface area contributed by atoms with E-state index in [1.165, 1.54) is 6.26 Å². The Kier molecular flexibility index (Phi) is 2.47. The molecule has 4 nitrogen and oxygen atoms in total. The van der Waals surface area contributed by atoms with Gasteiger partial charge in [0.25, 0.3) is 5.91 Å². The maximum Gasteiger partial charge on any atom is 0.253 e. The molecule has 0 aliphatic heterocycles. The molecule has 0 bridgehead atoms. The molecule has 0 aliphatic carbocycles. The van der Waals surface area contributed by atoms with Gasteiger partial charge in [0, 0.05) is 0 Å². The molecule has 1 aromatic heterocycles. The van der Waals surface area contributed by atoms with E-state index in [9.17, 15) is 4.79 Å². The summed E-state index contributed by atoms with van der Waals surface area (Å²) in [5.74, 6) is -0.0416. The number of hydrogen-bond donors (Lipinski definition) is 1. The molecule has 0 spiro atoms. The van der Waals surface area contributed by atoms with Gasteiger partial charge in [0.15, 0.2) is 0 Å². The fourth-order valence-corrected chi connectivity index (χ4v) is 0.994. The Balaban J connectivity index is 2.84. The minimum absolute atomic E-state index is 0.392. The largest absolute Gasteiger partial charge is 0.365 e. The zero-order valence-corrected chi connectivity index (χ0v) is 7.20. The highest BCUT2D eigenvalue weighted by molar-refractivity contribution is 5.93. The summed E-state index contributed by atoms with van der Waals surface area (Å²) in [5, 5.41) is 3.70. The summed E-state index contributed by atoms with van der Waals surface area (Å²) in [6.45, 7) is 4.08. The van der Waals surface area contributed by atoms with Crippen LogP contribution in [0.1, 0.15) is 29.9 Å². The van der Waals surface area contributed by atoms with Crippen LogP contribution in [-0.2, 0) is 6.42 Å². The molecule has 1 heterocycles. The molecular formula is C8H12N2O2. The molecule has 1 rings (SSSR count). The van der Waals surface area contributed by atoms with Crippen LogP contribution < -0.4 is 5.73 Å². The van der Waals surface area contributed by atoms with E-state index in [2.05, 4.69) is 9.68 Å². The van der Waals surface area contributed by atoms with Crippen LogP contribution >= 0.6 is 0 Å². The minimum atomic E-state index is -0.480. The number of amides is 1. The van der Waals surface area contributed by atoms with E-state index in [-0.39, 0.29) is 0 Å². The number of hydrogen-bond acceptors (Lipinski definition) is 3. The summed E-state index contributed by atoms with van der Waals surface area (Å²) in [6.07, 6.45) is 2.01. The molecule has 2 N–H and O–H groups in total. The number of nitrogens with zero attached hydrogens (tertiary/aromatic N) is 1. The van der Waals surface area contributed by atoms with Crippen molar-refractivity contribution in [2.75, 3.05) is 0 Å². The zero-order valence-electron chi connectivity index (χ0n) is 7.20. The Bertz CT molecular complexity index is 278. The Morgan fingerprint density at radius 3 is 2.92 bits per heavy atom. The van der Waals surface area contributed by atoms with Crippen molar-refractivity contribution in [2.45, 2.75) is 20.3 Å². The van der Waals surface area contributed by atoms with Crippen molar-refractivity contribution in [1.82, 2.24) is 5.16 Å². The fourth-order valence-electron chi connectivity index (χ4n) is 0.994. The molecule has 0 aliphatic rings. The van der Waals surface area contributed by atoms with Gasteiger partial charge in [0.2, 0.25) is 0 Å². The van der Waals surface area contributed by atoms with Gasteiger partial charge in [-0.1, -0.05) is 19.0 Å². The number of carbonyl (C=O) groups is 1. The fraction of sp³-hybridized carbons (Fsp3) is 0.500. The van der Waals surface area contributed by atoms with Gasteiger partial charge in [-0.2, -0.15) is 0 Å². The lowest BCUT2D eigenvalue weighted by Gasteiger charge is -2.00. The molecule has 0 saturated carbocycles. The summed E-state index contributed by atoms with van der Waals surface area (Å²) in [4.78, 5) is 10.8. The maximum absolute atomic E-state index is 10.8. The number of rotatable bonds is 3. The first kappa shape index (κ1) is 8.77. The predicted octanol–water partition coefficient (Wildman–Crippen LogP) is 0.972. The van der Waals surface area contributed by atoms with Crippen LogP contribution in [-0.4, -0.2) is 11.1 Å². The van der Waals surface area contributed by atoms with E-state index in [0.717, 1.165) is 6.42 Å². The highest BCUT2D eigenvalue weighted by Crippen LogP contribution is 2.10. The highest BCUT2D eigenvalue weighted by atomic mass is 16.5. The average Bonchev–Trinajstić information content (AvgIpc) is 2.33. The predicted molar refractivity (Wildman–Crippen MR) is 43.6 cm³/mol. The van der Waals surface area contributed by atoms with Crippen molar-refractivity contribution in [3.63, 3.8) is 0 Å². The number of aromatic nitrogens is 1. The van der Waals surface area contributed by atoms with Crippen molar-refractivity contribution in [3.05, 3.63) is 17.5 Å². The van der Waals surface area contributed by atoms with E-state index < -0.39 is 5.91 Å². The SMILES string of the molecule is CC(C)Cc1nocc1C(N)=O. The Labute approximate surface area is 70.7 Å². The molecule has 0 saturated heterocycles. The van der Waals surface area contributed by atoms with Crippen LogP contribution in [0, 0.1) is 5.92 Å². The second-order valence-corrected chi connectivity index (χ2v) is 3.14. The number of carbonyl (C=O) groups excluding carboxylic acids is 1. The molecule has 1 aromatic rings. The molecule has 0 atom stereocenters. The van der Waals surface area contributed by atoms with E-state index in [1.807, 2.05) is 13.8 Å². The summed E-state index contributed by atoms with van der Waals surface area (Å²) in [6, 6.07) is 0. The van der Waals surface area contributed by atoms with Gasteiger partial charge < -0.3 is 10.3 Å². The third kappa shape index (κ3) is 1.84. The molecule has 0 aromatic carbocycles. The normalized spacial score (nSPS) is 10.6. The van der Waals surface area contributed by atoms with Gasteiger partial charge in [-0.15, -0.1) is 0 Å². The minimum Gasteiger partial charge on any atom is -0.365 e. The summed E-state index contributed by atoms with van der Waals surface area (Å²) >= 11 is 0. The standard InChI is InChI=1S/C8H12N2O2/c1-5(2)3-7-6(8(9)11)4-12-10-7/h4-5H,3H2,1-2H3,(H2,9,11). The molecule has 1 amide bonds. The summed E-state index contributed by atoms with van der Waals surface area (Å²) in [5.41, 5.74) is 6.14. The van der Waals surface area contributed by atoms with Crippen LogP contribution in [0.2, 0.25) is 0 Å². The lowest BCUT2D eigenvalue weighted by Crippen LogP contribution is -2.13. The van der Waals surface area contributed by atoms with Gasteiger partial charge in [-0.25, -0.2) is 0 Å². The molecular weight excluding hydrogens is 156 g/mol. The number of primary amides is 1. The van der Waals surface area contributed by atoms with Crippen LogP contribution in [0.4, 0.5) is 0 Å². The Hall–Kier alpha value is -1.32. The quantitative estimate of drug-likeness (QED) is 0.731. The van der Waals surface area contributed by atoms with E-state index in [1.54, 1.807) is 0 Å². The Morgan fingerprint density at radius 1 is 1.75 bits per heavy atom. The first-order chi connectivity index (χ1) is 5.61. The van der Waals surface area contributed by atoms with Gasteiger partial charge in [0.05, 0.1) is 5.69 Å². The second kappa shape index (κ2) is 3.38. The van der Waals surface area contributed by atoms with E-state index >= 15 is 0 Å². The van der Waals surface area contributed by atoms with Crippen molar-refractivity contribution >= 4 is 5.91 Å². The van der Waals surface area contributed by atoms with Gasteiger partial charge in [-0.3, -0.25) is 4.79 Å². The summed E-state index contributed by atoms with van der Waals surface area (Å²) in [7, 11) is 0. The van der Waals surface area contributed by atoms with Gasteiger partial charge in [-0.05, 0) is 12.3 Å². The lowest BCUT2D eigenvalue weighted by molar-refractivity contribution is 0.0999.